The van der Waals surface area contributed by atoms with Crippen molar-refractivity contribution in [2.45, 2.75) is 0 Å². The third kappa shape index (κ3) is 4.72. The summed E-state index contributed by atoms with van der Waals surface area (Å²) in [5.41, 5.74) is 1.75. The lowest BCUT2D eigenvalue weighted by Gasteiger charge is -2.11. The van der Waals surface area contributed by atoms with Crippen molar-refractivity contribution in [3.8, 4) is 11.5 Å². The van der Waals surface area contributed by atoms with Gasteiger partial charge in [0.2, 0.25) is 0 Å². The van der Waals surface area contributed by atoms with Gasteiger partial charge in [0, 0.05) is 16.4 Å². The predicted molar refractivity (Wildman–Crippen MR) is 104 cm³/mol. The summed E-state index contributed by atoms with van der Waals surface area (Å²) in [5.74, 6) is 1.57. The maximum atomic E-state index is 5.86. The number of benzene rings is 3. The molecule has 24 heavy (non-hydrogen) atoms. The van der Waals surface area contributed by atoms with Gasteiger partial charge in [0.05, 0.1) is 0 Å². The van der Waals surface area contributed by atoms with Gasteiger partial charge in [-0.1, -0.05) is 29.8 Å². The van der Waals surface area contributed by atoms with Crippen LogP contribution in [0.4, 0.5) is 11.4 Å². The number of hydrogen-bond acceptors (Lipinski definition) is 2. The third-order valence-electron chi connectivity index (χ3n) is 3.19. The number of para-hydroxylation sites is 1. The molecule has 3 aromatic rings. The first kappa shape index (κ1) is 16.3. The first-order valence-electron chi connectivity index (χ1n) is 7.35. The van der Waals surface area contributed by atoms with E-state index in [-0.39, 0.29) is 0 Å². The van der Waals surface area contributed by atoms with Crippen molar-refractivity contribution >= 4 is 40.3 Å². The lowest BCUT2D eigenvalue weighted by molar-refractivity contribution is 0.483. The van der Waals surface area contributed by atoms with Crippen LogP contribution in [0.5, 0.6) is 11.5 Å². The molecule has 0 saturated carbocycles. The lowest BCUT2D eigenvalue weighted by atomic mass is 10.3. The quantitative estimate of drug-likeness (QED) is 0.568. The van der Waals surface area contributed by atoms with E-state index < -0.39 is 0 Å². The molecule has 0 radical (unpaired) electrons. The third-order valence-corrected chi connectivity index (χ3v) is 3.65. The first-order valence-corrected chi connectivity index (χ1v) is 8.14. The molecule has 0 amide bonds. The smallest absolute Gasteiger partial charge is 0.175 e. The molecule has 5 heteroatoms. The highest BCUT2D eigenvalue weighted by molar-refractivity contribution is 7.80. The van der Waals surface area contributed by atoms with E-state index in [1.54, 1.807) is 0 Å². The molecule has 0 spiro atoms. The number of anilines is 2. The molecule has 3 aromatic carbocycles. The van der Waals surface area contributed by atoms with Gasteiger partial charge in [-0.3, -0.25) is 0 Å². The maximum absolute atomic E-state index is 5.86. The molecular weight excluding hydrogens is 340 g/mol. The van der Waals surface area contributed by atoms with Crippen molar-refractivity contribution in [2.75, 3.05) is 10.6 Å². The van der Waals surface area contributed by atoms with Crippen LogP contribution in [0.1, 0.15) is 0 Å². The van der Waals surface area contributed by atoms with Crippen LogP contribution in [0.3, 0.4) is 0 Å². The highest BCUT2D eigenvalue weighted by atomic mass is 35.5. The zero-order valence-electron chi connectivity index (χ0n) is 12.7. The Labute approximate surface area is 151 Å². The standard InChI is InChI=1S/C19H15ClN2OS/c20-14-6-8-15(9-7-14)21-19(24)22-16-10-12-18(13-11-16)23-17-4-2-1-3-5-17/h1-13H,(H2,21,22,24). The van der Waals surface area contributed by atoms with Crippen molar-refractivity contribution in [3.05, 3.63) is 83.9 Å². The number of ether oxygens (including phenoxy) is 1. The summed E-state index contributed by atoms with van der Waals surface area (Å²) in [6.07, 6.45) is 0. The molecule has 0 bridgehead atoms. The molecule has 0 aromatic heterocycles. The van der Waals surface area contributed by atoms with Gasteiger partial charge in [0.25, 0.3) is 0 Å². The van der Waals surface area contributed by atoms with Gasteiger partial charge in [-0.2, -0.15) is 0 Å². The fourth-order valence-electron chi connectivity index (χ4n) is 2.06. The molecule has 2 N–H and O–H groups in total. The zero-order valence-corrected chi connectivity index (χ0v) is 14.3. The van der Waals surface area contributed by atoms with E-state index in [0.29, 0.717) is 10.1 Å². The van der Waals surface area contributed by atoms with Crippen LogP contribution in [-0.2, 0) is 0 Å². The topological polar surface area (TPSA) is 33.3 Å². The van der Waals surface area contributed by atoms with Crippen LogP contribution in [0.25, 0.3) is 0 Å². The van der Waals surface area contributed by atoms with Crippen LogP contribution in [-0.4, -0.2) is 5.11 Å². The van der Waals surface area contributed by atoms with Gasteiger partial charge in [0.1, 0.15) is 11.5 Å². The monoisotopic (exact) mass is 354 g/mol. The van der Waals surface area contributed by atoms with Crippen LogP contribution in [0, 0.1) is 0 Å². The molecular formula is C19H15ClN2OS. The summed E-state index contributed by atoms with van der Waals surface area (Å²) < 4.78 is 5.76. The highest BCUT2D eigenvalue weighted by Gasteiger charge is 2.01. The molecule has 0 aliphatic heterocycles. The summed E-state index contributed by atoms with van der Waals surface area (Å²) in [6, 6.07) is 24.6. The number of hydrogen-bond donors (Lipinski definition) is 2. The number of nitrogens with one attached hydrogen (secondary N) is 2. The molecule has 3 rings (SSSR count). The number of halogens is 1. The minimum absolute atomic E-state index is 0.508. The number of thiocarbonyl (C=S) groups is 1. The Morgan fingerprint density at radius 1 is 0.708 bits per heavy atom. The Kier molecular flexibility index (Phi) is 5.31. The van der Waals surface area contributed by atoms with Gasteiger partial charge in [-0.25, -0.2) is 0 Å². The van der Waals surface area contributed by atoms with Crippen LogP contribution in [0.2, 0.25) is 5.02 Å². The molecule has 120 valence electrons. The summed E-state index contributed by atoms with van der Waals surface area (Å²) in [6.45, 7) is 0. The van der Waals surface area contributed by atoms with Crippen molar-refractivity contribution in [1.82, 2.24) is 0 Å². The Morgan fingerprint density at radius 3 is 1.79 bits per heavy atom. The van der Waals surface area contributed by atoms with Crippen LogP contribution < -0.4 is 15.4 Å². The molecule has 0 unspecified atom stereocenters. The maximum Gasteiger partial charge on any atom is 0.175 e. The van der Waals surface area contributed by atoms with E-state index in [9.17, 15) is 0 Å². The molecule has 0 aliphatic carbocycles. The average Bonchev–Trinajstić information content (AvgIpc) is 2.60. The van der Waals surface area contributed by atoms with Gasteiger partial charge in [0.15, 0.2) is 5.11 Å². The molecule has 0 heterocycles. The lowest BCUT2D eigenvalue weighted by Crippen LogP contribution is -2.18. The molecule has 0 aliphatic rings. The second kappa shape index (κ2) is 7.81. The van der Waals surface area contributed by atoms with Gasteiger partial charge >= 0.3 is 0 Å². The Hall–Kier alpha value is -2.56. The predicted octanol–water partition coefficient (Wildman–Crippen LogP) is 5.94. The van der Waals surface area contributed by atoms with E-state index in [0.717, 1.165) is 22.9 Å². The van der Waals surface area contributed by atoms with E-state index in [2.05, 4.69) is 10.6 Å². The van der Waals surface area contributed by atoms with Gasteiger partial charge in [-0.15, -0.1) is 0 Å². The highest BCUT2D eigenvalue weighted by Crippen LogP contribution is 2.22. The van der Waals surface area contributed by atoms with E-state index >= 15 is 0 Å². The summed E-state index contributed by atoms with van der Waals surface area (Å²) >= 11 is 11.2. The zero-order chi connectivity index (χ0) is 16.8. The first-order chi connectivity index (χ1) is 11.7. The normalized spacial score (nSPS) is 10.0. The fraction of sp³-hybridized carbons (Fsp3) is 0. The molecule has 3 nitrogen and oxygen atoms in total. The Balaban J connectivity index is 1.57. The second-order valence-electron chi connectivity index (χ2n) is 5.03. The van der Waals surface area contributed by atoms with Crippen LogP contribution >= 0.6 is 23.8 Å². The Morgan fingerprint density at radius 2 is 1.21 bits per heavy atom. The molecule has 0 saturated heterocycles. The fourth-order valence-corrected chi connectivity index (χ4v) is 2.42. The van der Waals surface area contributed by atoms with Crippen molar-refractivity contribution in [2.24, 2.45) is 0 Å². The summed E-state index contributed by atoms with van der Waals surface area (Å²) in [4.78, 5) is 0. The Bertz CT molecular complexity index is 805. The minimum atomic E-state index is 0.508. The second-order valence-corrected chi connectivity index (χ2v) is 5.87. The molecule has 0 fully saturated rings. The SMILES string of the molecule is S=C(Nc1ccc(Cl)cc1)Nc1ccc(Oc2ccccc2)cc1. The summed E-state index contributed by atoms with van der Waals surface area (Å²) in [5, 5.41) is 7.43. The van der Waals surface area contributed by atoms with Crippen molar-refractivity contribution in [3.63, 3.8) is 0 Å². The van der Waals surface area contributed by atoms with Crippen molar-refractivity contribution in [1.29, 1.82) is 0 Å². The average molecular weight is 355 g/mol. The van der Waals surface area contributed by atoms with Crippen LogP contribution in [0.15, 0.2) is 78.9 Å². The minimum Gasteiger partial charge on any atom is -0.457 e. The van der Waals surface area contributed by atoms with E-state index in [1.165, 1.54) is 0 Å². The van der Waals surface area contributed by atoms with Gasteiger partial charge in [-0.05, 0) is 72.9 Å². The van der Waals surface area contributed by atoms with Crippen molar-refractivity contribution < 1.29 is 4.74 Å². The van der Waals surface area contributed by atoms with E-state index in [4.69, 9.17) is 28.6 Å². The molecule has 0 atom stereocenters. The van der Waals surface area contributed by atoms with Gasteiger partial charge < -0.3 is 15.4 Å². The largest absolute Gasteiger partial charge is 0.457 e. The number of rotatable bonds is 4. The van der Waals surface area contributed by atoms with E-state index in [1.807, 2.05) is 78.9 Å². The summed E-state index contributed by atoms with van der Waals surface area (Å²) in [7, 11) is 0.